The summed E-state index contributed by atoms with van der Waals surface area (Å²) in [7, 11) is 0. The molecule has 1 N–H and O–H groups in total. The average Bonchev–Trinajstić information content (AvgIpc) is 2.94. The highest BCUT2D eigenvalue weighted by atomic mass is 16.6. The molecule has 0 fully saturated rings. The lowest BCUT2D eigenvalue weighted by Crippen LogP contribution is -2.30. The van der Waals surface area contributed by atoms with E-state index in [2.05, 4.69) is 5.32 Å². The molecule has 0 aliphatic carbocycles. The van der Waals surface area contributed by atoms with Crippen molar-refractivity contribution in [2.45, 2.75) is 19.8 Å². The van der Waals surface area contributed by atoms with E-state index in [1.54, 1.807) is 19.9 Å². The van der Waals surface area contributed by atoms with Gasteiger partial charge in [0, 0.05) is 17.3 Å². The number of cyclic esters (lactones) is 1. The normalized spacial score (nSPS) is 19.3. The van der Waals surface area contributed by atoms with Crippen LogP contribution in [0.15, 0.2) is 46.8 Å². The topological polar surface area (TPSA) is 108 Å². The molecule has 2 heterocycles. The van der Waals surface area contributed by atoms with Gasteiger partial charge >= 0.3 is 11.9 Å². The van der Waals surface area contributed by atoms with Gasteiger partial charge in [-0.15, -0.1) is 0 Å². The van der Waals surface area contributed by atoms with Gasteiger partial charge in [-0.2, -0.15) is 0 Å². The van der Waals surface area contributed by atoms with Gasteiger partial charge in [0.05, 0.1) is 34.3 Å². The Kier molecular flexibility index (Phi) is 4.26. The molecule has 0 aromatic heterocycles. The van der Waals surface area contributed by atoms with Gasteiger partial charge in [-0.3, -0.25) is 10.1 Å². The maximum absolute atomic E-state index is 12.5. The van der Waals surface area contributed by atoms with Gasteiger partial charge in [0.1, 0.15) is 6.61 Å². The Hall–Kier alpha value is -3.16. The number of nitrogens with one attached hydrogen (secondary N) is 1. The van der Waals surface area contributed by atoms with Crippen molar-refractivity contribution in [3.63, 3.8) is 0 Å². The SMILES string of the molecule is CCOC(=O)C1=C(C)NC2=C(C(=O)OC2)C1c1ccccc1[N+](=O)[O-]. The summed E-state index contributed by atoms with van der Waals surface area (Å²) >= 11 is 0. The molecule has 8 heteroatoms. The average molecular weight is 344 g/mol. The monoisotopic (exact) mass is 344 g/mol. The number of hydrogen-bond acceptors (Lipinski definition) is 7. The van der Waals surface area contributed by atoms with Crippen LogP contribution in [0.4, 0.5) is 5.69 Å². The highest BCUT2D eigenvalue weighted by Crippen LogP contribution is 2.44. The fraction of sp³-hybridized carbons (Fsp3) is 0.294. The Morgan fingerprint density at radius 1 is 1.44 bits per heavy atom. The van der Waals surface area contributed by atoms with E-state index in [0.717, 1.165) is 0 Å². The molecule has 1 atom stereocenters. The molecule has 1 unspecified atom stereocenters. The van der Waals surface area contributed by atoms with Gasteiger partial charge in [0.15, 0.2) is 0 Å². The minimum absolute atomic E-state index is 0.0404. The summed E-state index contributed by atoms with van der Waals surface area (Å²) < 4.78 is 10.2. The van der Waals surface area contributed by atoms with E-state index in [-0.39, 0.29) is 35.6 Å². The second-order valence-corrected chi connectivity index (χ2v) is 5.60. The summed E-state index contributed by atoms with van der Waals surface area (Å²) in [6.45, 7) is 3.52. The number of carbonyl (C=O) groups is 2. The minimum atomic E-state index is -0.910. The van der Waals surface area contributed by atoms with Crippen LogP contribution in [0, 0.1) is 10.1 Å². The van der Waals surface area contributed by atoms with Crippen LogP contribution < -0.4 is 5.32 Å². The predicted octanol–water partition coefficient (Wildman–Crippen LogP) is 1.93. The summed E-state index contributed by atoms with van der Waals surface area (Å²) in [4.78, 5) is 35.7. The Morgan fingerprint density at radius 3 is 2.84 bits per heavy atom. The van der Waals surface area contributed by atoms with E-state index >= 15 is 0 Å². The number of nitrogens with zero attached hydrogens (tertiary/aromatic N) is 1. The van der Waals surface area contributed by atoms with Gasteiger partial charge in [-0.1, -0.05) is 18.2 Å². The van der Waals surface area contributed by atoms with Gasteiger partial charge in [0.2, 0.25) is 0 Å². The molecule has 0 amide bonds. The Balaban J connectivity index is 2.23. The van der Waals surface area contributed by atoms with Crippen molar-refractivity contribution in [3.8, 4) is 0 Å². The quantitative estimate of drug-likeness (QED) is 0.505. The van der Waals surface area contributed by atoms with E-state index in [4.69, 9.17) is 9.47 Å². The van der Waals surface area contributed by atoms with Crippen LogP contribution >= 0.6 is 0 Å². The smallest absolute Gasteiger partial charge is 0.337 e. The summed E-state index contributed by atoms with van der Waals surface area (Å²) in [5.74, 6) is -2.13. The number of hydrogen-bond donors (Lipinski definition) is 1. The second-order valence-electron chi connectivity index (χ2n) is 5.60. The van der Waals surface area contributed by atoms with Crippen LogP contribution in [-0.2, 0) is 19.1 Å². The van der Waals surface area contributed by atoms with Crippen molar-refractivity contribution in [2.75, 3.05) is 13.2 Å². The minimum Gasteiger partial charge on any atom is -0.463 e. The highest BCUT2D eigenvalue weighted by Gasteiger charge is 2.44. The molecule has 0 radical (unpaired) electrons. The largest absolute Gasteiger partial charge is 0.463 e. The number of dihydropyridines is 1. The predicted molar refractivity (Wildman–Crippen MR) is 86.3 cm³/mol. The molecule has 0 bridgehead atoms. The lowest BCUT2D eigenvalue weighted by molar-refractivity contribution is -0.385. The highest BCUT2D eigenvalue weighted by molar-refractivity contribution is 6.01. The number of nitro benzene ring substituents is 1. The van der Waals surface area contributed by atoms with Crippen molar-refractivity contribution in [2.24, 2.45) is 0 Å². The number of nitro groups is 1. The molecular formula is C17H16N2O6. The first-order chi connectivity index (χ1) is 12.0. The molecule has 0 saturated carbocycles. The Labute approximate surface area is 143 Å². The number of ether oxygens (including phenoxy) is 2. The molecule has 25 heavy (non-hydrogen) atoms. The van der Waals surface area contributed by atoms with Crippen LogP contribution in [0.1, 0.15) is 25.3 Å². The van der Waals surface area contributed by atoms with Crippen LogP contribution in [0.3, 0.4) is 0 Å². The molecule has 0 saturated heterocycles. The van der Waals surface area contributed by atoms with Crippen LogP contribution in [0.5, 0.6) is 0 Å². The Morgan fingerprint density at radius 2 is 2.16 bits per heavy atom. The number of rotatable bonds is 4. The zero-order chi connectivity index (χ0) is 18.1. The lowest BCUT2D eigenvalue weighted by Gasteiger charge is -2.27. The second kappa shape index (κ2) is 6.39. The molecule has 1 aromatic rings. The number of para-hydroxylation sites is 1. The van der Waals surface area contributed by atoms with Gasteiger partial charge in [0.25, 0.3) is 5.69 Å². The first-order valence-electron chi connectivity index (χ1n) is 7.74. The van der Waals surface area contributed by atoms with E-state index in [1.165, 1.54) is 18.2 Å². The first kappa shape index (κ1) is 16.7. The fourth-order valence-corrected chi connectivity index (χ4v) is 3.16. The summed E-state index contributed by atoms with van der Waals surface area (Å²) in [5.41, 5.74) is 1.47. The van der Waals surface area contributed by atoms with Crippen molar-refractivity contribution in [1.29, 1.82) is 0 Å². The number of allylic oxidation sites excluding steroid dienone is 1. The van der Waals surface area contributed by atoms with Gasteiger partial charge < -0.3 is 14.8 Å². The van der Waals surface area contributed by atoms with Gasteiger partial charge in [-0.05, 0) is 13.8 Å². The fourth-order valence-electron chi connectivity index (χ4n) is 3.16. The zero-order valence-corrected chi connectivity index (χ0v) is 13.7. The zero-order valence-electron chi connectivity index (χ0n) is 13.7. The number of esters is 2. The van der Waals surface area contributed by atoms with Crippen molar-refractivity contribution in [3.05, 3.63) is 62.5 Å². The third kappa shape index (κ3) is 2.75. The number of benzene rings is 1. The molecule has 2 aliphatic rings. The van der Waals surface area contributed by atoms with E-state index in [0.29, 0.717) is 11.4 Å². The van der Waals surface area contributed by atoms with Crippen molar-refractivity contribution in [1.82, 2.24) is 5.32 Å². The van der Waals surface area contributed by atoms with E-state index < -0.39 is 22.8 Å². The van der Waals surface area contributed by atoms with E-state index in [9.17, 15) is 19.7 Å². The van der Waals surface area contributed by atoms with Crippen molar-refractivity contribution >= 4 is 17.6 Å². The van der Waals surface area contributed by atoms with E-state index in [1.807, 2.05) is 0 Å². The standard InChI is InChI=1S/C17H16N2O6/c1-3-24-16(20)13-9(2)18-11-8-25-17(21)15(11)14(13)10-6-4-5-7-12(10)19(22)23/h4-7,14,18H,3,8H2,1-2H3. The maximum atomic E-state index is 12.5. The van der Waals surface area contributed by atoms with Crippen LogP contribution in [0.25, 0.3) is 0 Å². The van der Waals surface area contributed by atoms with Gasteiger partial charge in [-0.25, -0.2) is 9.59 Å². The molecule has 0 spiro atoms. The molecule has 1 aromatic carbocycles. The Bertz CT molecular complexity index is 839. The molecule has 130 valence electrons. The van der Waals surface area contributed by atoms with Crippen LogP contribution in [-0.4, -0.2) is 30.1 Å². The molecule has 3 rings (SSSR count). The van der Waals surface area contributed by atoms with Crippen molar-refractivity contribution < 1.29 is 24.0 Å². The lowest BCUT2D eigenvalue weighted by atomic mass is 9.80. The summed E-state index contributed by atoms with van der Waals surface area (Å²) in [6, 6.07) is 6.04. The number of carbonyl (C=O) groups excluding carboxylic acids is 2. The summed E-state index contributed by atoms with van der Waals surface area (Å²) in [6.07, 6.45) is 0. The first-order valence-corrected chi connectivity index (χ1v) is 7.74. The summed E-state index contributed by atoms with van der Waals surface area (Å²) in [5, 5.41) is 14.4. The third-order valence-corrected chi connectivity index (χ3v) is 4.15. The van der Waals surface area contributed by atoms with Crippen LogP contribution in [0.2, 0.25) is 0 Å². The maximum Gasteiger partial charge on any atom is 0.337 e. The third-order valence-electron chi connectivity index (χ3n) is 4.15. The molecule has 2 aliphatic heterocycles. The molecular weight excluding hydrogens is 328 g/mol. The molecule has 8 nitrogen and oxygen atoms in total.